The van der Waals surface area contributed by atoms with Crippen molar-refractivity contribution in [1.82, 2.24) is 4.90 Å². The molecular formula is C29H35Cl2NO7Si. The van der Waals surface area contributed by atoms with Crippen molar-refractivity contribution in [2.75, 3.05) is 20.8 Å². The maximum absolute atomic E-state index is 13.5. The molecule has 0 spiro atoms. The molecule has 0 bridgehead atoms. The van der Waals surface area contributed by atoms with E-state index in [9.17, 15) is 14.4 Å². The fourth-order valence-corrected chi connectivity index (χ4v) is 5.37. The lowest BCUT2D eigenvalue weighted by Gasteiger charge is -2.36. The fraction of sp³-hybridized carbons (Fsp3) is 0.414. The number of benzene rings is 2. The van der Waals surface area contributed by atoms with Gasteiger partial charge in [0.1, 0.15) is 6.61 Å². The van der Waals surface area contributed by atoms with Crippen molar-refractivity contribution in [2.24, 2.45) is 0 Å². The quantitative estimate of drug-likeness (QED) is 0.184. The molecule has 1 heterocycles. The maximum atomic E-state index is 13.5. The monoisotopic (exact) mass is 607 g/mol. The second-order valence-corrected chi connectivity index (χ2v) is 16.6. The average molecular weight is 609 g/mol. The SMILES string of the molecule is COC(=O)C1=C(C(=O)OC)C(c2cc(Cl)c(Cl)cc2CO[Si](C)(C)C(C)(C)C)N(C(=O)OCc2ccccc2)C1. The number of carbonyl (C=O) groups is 3. The number of esters is 2. The number of rotatable bonds is 8. The molecule has 0 aromatic heterocycles. The van der Waals surface area contributed by atoms with Gasteiger partial charge >= 0.3 is 18.0 Å². The van der Waals surface area contributed by atoms with Crippen LogP contribution in [0.4, 0.5) is 4.79 Å². The Labute approximate surface area is 246 Å². The molecule has 2 aromatic rings. The van der Waals surface area contributed by atoms with Gasteiger partial charge in [-0.2, -0.15) is 0 Å². The number of methoxy groups -OCH3 is 2. The van der Waals surface area contributed by atoms with Gasteiger partial charge < -0.3 is 18.6 Å². The minimum absolute atomic E-state index is 0.00722. The molecule has 0 saturated heterocycles. The second kappa shape index (κ2) is 12.8. The van der Waals surface area contributed by atoms with Crippen LogP contribution in [0.25, 0.3) is 0 Å². The van der Waals surface area contributed by atoms with E-state index in [1.807, 2.05) is 30.3 Å². The molecule has 0 aliphatic carbocycles. The molecule has 8 nitrogen and oxygen atoms in total. The zero-order chi connectivity index (χ0) is 29.8. The summed E-state index contributed by atoms with van der Waals surface area (Å²) in [5, 5.41) is 0.424. The van der Waals surface area contributed by atoms with Gasteiger partial charge in [-0.3, -0.25) is 4.90 Å². The zero-order valence-electron chi connectivity index (χ0n) is 23.8. The van der Waals surface area contributed by atoms with E-state index in [-0.39, 0.29) is 46.0 Å². The van der Waals surface area contributed by atoms with Crippen LogP contribution in [0.3, 0.4) is 0 Å². The summed E-state index contributed by atoms with van der Waals surface area (Å²) in [6.07, 6.45) is -0.739. The highest BCUT2D eigenvalue weighted by molar-refractivity contribution is 6.74. The summed E-state index contributed by atoms with van der Waals surface area (Å²) in [7, 11) is 0.192. The fourth-order valence-electron chi connectivity index (χ4n) is 4.06. The van der Waals surface area contributed by atoms with E-state index in [0.717, 1.165) is 5.56 Å². The van der Waals surface area contributed by atoms with Crippen LogP contribution in [0.5, 0.6) is 0 Å². The Hall–Kier alpha value is -2.85. The molecule has 1 amide bonds. The van der Waals surface area contributed by atoms with Crippen LogP contribution < -0.4 is 0 Å². The molecule has 1 aliphatic rings. The lowest BCUT2D eigenvalue weighted by atomic mass is 9.93. The minimum atomic E-state index is -2.21. The van der Waals surface area contributed by atoms with Gasteiger partial charge in [0.15, 0.2) is 8.32 Å². The van der Waals surface area contributed by atoms with Crippen LogP contribution in [0.1, 0.15) is 43.5 Å². The summed E-state index contributed by atoms with van der Waals surface area (Å²) in [4.78, 5) is 40.8. The number of hydrogen-bond donors (Lipinski definition) is 0. The van der Waals surface area contributed by atoms with Crippen molar-refractivity contribution in [3.8, 4) is 0 Å². The highest BCUT2D eigenvalue weighted by atomic mass is 35.5. The molecule has 3 rings (SSSR count). The Morgan fingerprint density at radius 1 is 0.950 bits per heavy atom. The summed E-state index contributed by atoms with van der Waals surface area (Å²) in [5.41, 5.74) is 1.79. The number of hydrogen-bond acceptors (Lipinski definition) is 7. The second-order valence-electron chi connectivity index (χ2n) is 11.0. The molecular weight excluding hydrogens is 573 g/mol. The smallest absolute Gasteiger partial charge is 0.411 e. The van der Waals surface area contributed by atoms with Crippen molar-refractivity contribution in [3.05, 3.63) is 80.3 Å². The largest absolute Gasteiger partial charge is 0.466 e. The van der Waals surface area contributed by atoms with E-state index in [4.69, 9.17) is 41.8 Å². The highest BCUT2D eigenvalue weighted by Crippen LogP contribution is 2.43. The predicted octanol–water partition coefficient (Wildman–Crippen LogP) is 6.85. The first-order chi connectivity index (χ1) is 18.7. The first-order valence-corrected chi connectivity index (χ1v) is 16.4. The third-order valence-corrected chi connectivity index (χ3v) is 12.6. The number of nitrogens with zero attached hydrogens (tertiary/aromatic N) is 1. The molecule has 0 saturated carbocycles. The molecule has 216 valence electrons. The van der Waals surface area contributed by atoms with Crippen LogP contribution in [0, 0.1) is 0 Å². The van der Waals surface area contributed by atoms with E-state index in [1.54, 1.807) is 12.1 Å². The Bertz CT molecular complexity index is 1310. The van der Waals surface area contributed by atoms with Gasteiger partial charge in [-0.1, -0.05) is 74.3 Å². The van der Waals surface area contributed by atoms with Gasteiger partial charge in [-0.15, -0.1) is 0 Å². The first-order valence-electron chi connectivity index (χ1n) is 12.7. The van der Waals surface area contributed by atoms with E-state index >= 15 is 0 Å². The summed E-state index contributed by atoms with van der Waals surface area (Å²) in [6, 6.07) is 11.3. The van der Waals surface area contributed by atoms with Crippen LogP contribution in [-0.4, -0.2) is 52.0 Å². The van der Waals surface area contributed by atoms with E-state index in [2.05, 4.69) is 33.9 Å². The van der Waals surface area contributed by atoms with E-state index < -0.39 is 32.4 Å². The van der Waals surface area contributed by atoms with Crippen LogP contribution >= 0.6 is 23.2 Å². The summed E-state index contributed by atoms with van der Waals surface area (Å²) in [5.74, 6) is -1.55. The molecule has 1 aliphatic heterocycles. The molecule has 1 atom stereocenters. The van der Waals surface area contributed by atoms with Crippen molar-refractivity contribution in [1.29, 1.82) is 0 Å². The van der Waals surface area contributed by atoms with Crippen molar-refractivity contribution in [2.45, 2.75) is 58.2 Å². The minimum Gasteiger partial charge on any atom is -0.466 e. The van der Waals surface area contributed by atoms with Crippen LogP contribution in [-0.2, 0) is 41.4 Å². The summed E-state index contributed by atoms with van der Waals surface area (Å²) in [6.45, 7) is 10.5. The van der Waals surface area contributed by atoms with Crippen LogP contribution in [0.15, 0.2) is 53.6 Å². The Kier molecular flexibility index (Phi) is 10.1. The first kappa shape index (κ1) is 31.7. The highest BCUT2D eigenvalue weighted by Gasteiger charge is 2.45. The standard InChI is InChI=1S/C29H35Cl2NO7Si/c1-29(2,3)40(6,7)39-17-19-13-22(30)23(31)14-20(19)25-24(27(34)37-5)21(26(33)36-4)15-32(25)28(35)38-16-18-11-9-8-10-12-18/h8-14,25H,15-17H2,1-7H3. The third kappa shape index (κ3) is 6.89. The molecule has 0 N–H and O–H groups in total. The zero-order valence-corrected chi connectivity index (χ0v) is 26.3. The lowest BCUT2D eigenvalue weighted by Crippen LogP contribution is -2.40. The predicted molar refractivity (Wildman–Crippen MR) is 156 cm³/mol. The van der Waals surface area contributed by atoms with Crippen molar-refractivity contribution >= 4 is 49.6 Å². The Morgan fingerprint density at radius 3 is 2.12 bits per heavy atom. The van der Waals surface area contributed by atoms with Crippen molar-refractivity contribution < 1.29 is 33.0 Å². The van der Waals surface area contributed by atoms with E-state index in [1.165, 1.54) is 19.1 Å². The number of ether oxygens (including phenoxy) is 3. The number of halogens is 2. The summed E-state index contributed by atoms with van der Waals surface area (Å²) < 4.78 is 22.1. The van der Waals surface area contributed by atoms with Gasteiger partial charge in [0.2, 0.25) is 0 Å². The van der Waals surface area contributed by atoms with Gasteiger partial charge in [-0.25, -0.2) is 14.4 Å². The lowest BCUT2D eigenvalue weighted by molar-refractivity contribution is -0.139. The van der Waals surface area contributed by atoms with Crippen LogP contribution in [0.2, 0.25) is 28.2 Å². The molecule has 40 heavy (non-hydrogen) atoms. The molecule has 1 unspecified atom stereocenters. The van der Waals surface area contributed by atoms with E-state index in [0.29, 0.717) is 11.1 Å². The average Bonchev–Trinajstić information content (AvgIpc) is 3.31. The topological polar surface area (TPSA) is 91.4 Å². The maximum Gasteiger partial charge on any atom is 0.411 e. The normalized spacial score (nSPS) is 15.7. The van der Waals surface area contributed by atoms with Gasteiger partial charge in [0.25, 0.3) is 0 Å². The molecule has 0 fully saturated rings. The van der Waals surface area contributed by atoms with Crippen molar-refractivity contribution in [3.63, 3.8) is 0 Å². The summed E-state index contributed by atoms with van der Waals surface area (Å²) >= 11 is 12.9. The van der Waals surface area contributed by atoms with Gasteiger partial charge in [0.05, 0.1) is 54.6 Å². The Balaban J connectivity index is 2.13. The Morgan fingerprint density at radius 2 is 1.55 bits per heavy atom. The number of amides is 1. The van der Waals surface area contributed by atoms with Gasteiger partial charge in [-0.05, 0) is 47.0 Å². The molecule has 11 heteroatoms. The van der Waals surface area contributed by atoms with Gasteiger partial charge in [0, 0.05) is 0 Å². The molecule has 0 radical (unpaired) electrons. The number of carbonyl (C=O) groups excluding carboxylic acids is 3. The molecule has 2 aromatic carbocycles. The third-order valence-electron chi connectivity index (χ3n) is 7.39.